The molecule has 1 aromatic carbocycles. The van der Waals surface area contributed by atoms with Crippen LogP contribution in [0.3, 0.4) is 0 Å². The molecule has 132 valence electrons. The van der Waals surface area contributed by atoms with Crippen molar-refractivity contribution in [1.82, 2.24) is 4.90 Å². The summed E-state index contributed by atoms with van der Waals surface area (Å²) in [5.41, 5.74) is 1.00. The number of nitro benzene ring substituents is 1. The molecule has 1 N–H and O–H groups in total. The van der Waals surface area contributed by atoms with Crippen LogP contribution in [0.4, 0.5) is 5.69 Å². The maximum Gasteiger partial charge on any atom is 0.269 e. The van der Waals surface area contributed by atoms with Gasteiger partial charge >= 0.3 is 0 Å². The highest BCUT2D eigenvalue weighted by Crippen LogP contribution is 2.28. The maximum atomic E-state index is 12.6. The first-order valence-corrected chi connectivity index (χ1v) is 8.65. The molecule has 0 aliphatic carbocycles. The van der Waals surface area contributed by atoms with Crippen LogP contribution in [0.1, 0.15) is 57.1 Å². The standard InChI is InChI=1S/C18H26N2O4/c1-3-8-18(22,9-4-2)12-17(21)19-10-7-14-5-6-16(20(23)24)11-15(14)13-19/h5-6,11,22H,3-4,7-10,12-13H2,1-2H3. The summed E-state index contributed by atoms with van der Waals surface area (Å²) in [4.78, 5) is 24.8. The van der Waals surface area contributed by atoms with Crippen LogP contribution in [0, 0.1) is 10.1 Å². The molecule has 0 fully saturated rings. The van der Waals surface area contributed by atoms with Gasteiger partial charge in [-0.15, -0.1) is 0 Å². The lowest BCUT2D eigenvalue weighted by Crippen LogP contribution is -2.41. The molecule has 24 heavy (non-hydrogen) atoms. The van der Waals surface area contributed by atoms with Crippen LogP contribution < -0.4 is 0 Å². The topological polar surface area (TPSA) is 83.7 Å². The Balaban J connectivity index is 2.09. The van der Waals surface area contributed by atoms with Crippen LogP contribution in [0.15, 0.2) is 18.2 Å². The van der Waals surface area contributed by atoms with Crippen LogP contribution in [0.5, 0.6) is 0 Å². The average molecular weight is 334 g/mol. The average Bonchev–Trinajstić information content (AvgIpc) is 2.53. The number of nitrogens with zero attached hydrogens (tertiary/aromatic N) is 2. The molecule has 0 saturated carbocycles. The molecule has 1 aliphatic heterocycles. The molecule has 1 heterocycles. The number of nitro groups is 1. The lowest BCUT2D eigenvalue weighted by atomic mass is 9.88. The largest absolute Gasteiger partial charge is 0.389 e. The van der Waals surface area contributed by atoms with Crippen LogP contribution in [0.25, 0.3) is 0 Å². The molecule has 0 spiro atoms. The second-order valence-corrected chi connectivity index (χ2v) is 6.68. The fourth-order valence-electron chi connectivity index (χ4n) is 3.50. The van der Waals surface area contributed by atoms with E-state index < -0.39 is 10.5 Å². The van der Waals surface area contributed by atoms with E-state index in [1.54, 1.807) is 17.0 Å². The van der Waals surface area contributed by atoms with E-state index in [4.69, 9.17) is 0 Å². The van der Waals surface area contributed by atoms with Crippen molar-refractivity contribution >= 4 is 11.6 Å². The highest BCUT2D eigenvalue weighted by molar-refractivity contribution is 5.77. The SMILES string of the molecule is CCCC(O)(CCC)CC(=O)N1CCc2ccc([N+](=O)[O-])cc2C1. The number of carbonyl (C=O) groups is 1. The van der Waals surface area contributed by atoms with E-state index in [0.717, 1.165) is 24.0 Å². The zero-order chi connectivity index (χ0) is 17.7. The number of fused-ring (bicyclic) bond motifs is 1. The molecule has 0 atom stereocenters. The first-order chi connectivity index (χ1) is 11.4. The van der Waals surface area contributed by atoms with Gasteiger partial charge < -0.3 is 10.0 Å². The monoisotopic (exact) mass is 334 g/mol. The molecule has 0 radical (unpaired) electrons. The summed E-state index contributed by atoms with van der Waals surface area (Å²) in [6.07, 6.45) is 3.71. The third kappa shape index (κ3) is 4.32. The predicted molar refractivity (Wildman–Crippen MR) is 91.6 cm³/mol. The van der Waals surface area contributed by atoms with E-state index in [1.807, 2.05) is 13.8 Å². The zero-order valence-electron chi connectivity index (χ0n) is 14.5. The van der Waals surface area contributed by atoms with Crippen molar-refractivity contribution in [3.8, 4) is 0 Å². The Morgan fingerprint density at radius 3 is 2.54 bits per heavy atom. The van der Waals surface area contributed by atoms with E-state index in [2.05, 4.69) is 0 Å². The van der Waals surface area contributed by atoms with E-state index >= 15 is 0 Å². The smallest absolute Gasteiger partial charge is 0.269 e. The van der Waals surface area contributed by atoms with Gasteiger partial charge in [0.15, 0.2) is 0 Å². The third-order valence-electron chi connectivity index (χ3n) is 4.68. The highest BCUT2D eigenvalue weighted by Gasteiger charge is 2.31. The van der Waals surface area contributed by atoms with Gasteiger partial charge in [0.05, 0.1) is 16.9 Å². The number of non-ortho nitro benzene ring substituents is 1. The molecule has 0 saturated heterocycles. The molecule has 1 amide bonds. The summed E-state index contributed by atoms with van der Waals surface area (Å²) in [5.74, 6) is -0.0726. The van der Waals surface area contributed by atoms with Crippen molar-refractivity contribution in [2.75, 3.05) is 6.54 Å². The van der Waals surface area contributed by atoms with Crippen molar-refractivity contribution in [3.05, 3.63) is 39.4 Å². The molecule has 0 aromatic heterocycles. The van der Waals surface area contributed by atoms with Crippen molar-refractivity contribution in [3.63, 3.8) is 0 Å². The fourth-order valence-corrected chi connectivity index (χ4v) is 3.50. The Labute approximate surface area is 142 Å². The van der Waals surface area contributed by atoms with Crippen molar-refractivity contribution in [2.24, 2.45) is 0 Å². The summed E-state index contributed by atoms with van der Waals surface area (Å²) in [6, 6.07) is 4.84. The van der Waals surface area contributed by atoms with Crippen LogP contribution >= 0.6 is 0 Å². The molecule has 1 aromatic rings. The Kier molecular flexibility index (Phi) is 5.94. The maximum absolute atomic E-state index is 12.6. The van der Waals surface area contributed by atoms with Crippen molar-refractivity contribution in [2.45, 2.75) is 64.5 Å². The summed E-state index contributed by atoms with van der Waals surface area (Å²) < 4.78 is 0. The quantitative estimate of drug-likeness (QED) is 0.613. The number of rotatable bonds is 7. The van der Waals surface area contributed by atoms with Gasteiger partial charge in [-0.1, -0.05) is 32.8 Å². The Morgan fingerprint density at radius 2 is 1.96 bits per heavy atom. The van der Waals surface area contributed by atoms with Gasteiger partial charge in [0.1, 0.15) is 0 Å². The number of hydrogen-bond acceptors (Lipinski definition) is 4. The molecule has 6 heteroatoms. The minimum Gasteiger partial charge on any atom is -0.389 e. The molecule has 1 aliphatic rings. The Morgan fingerprint density at radius 1 is 1.29 bits per heavy atom. The molecule has 0 bridgehead atoms. The Bertz CT molecular complexity index is 609. The molecular formula is C18H26N2O4. The second-order valence-electron chi connectivity index (χ2n) is 6.68. The Hall–Kier alpha value is -1.95. The van der Waals surface area contributed by atoms with Gasteiger partial charge in [-0.3, -0.25) is 14.9 Å². The summed E-state index contributed by atoms with van der Waals surface area (Å²) in [5, 5.41) is 21.6. The lowest BCUT2D eigenvalue weighted by Gasteiger charge is -2.33. The van der Waals surface area contributed by atoms with Crippen LogP contribution in [0.2, 0.25) is 0 Å². The highest BCUT2D eigenvalue weighted by atomic mass is 16.6. The normalized spacial score (nSPS) is 14.4. The fraction of sp³-hybridized carbons (Fsp3) is 0.611. The van der Waals surface area contributed by atoms with Gasteiger partial charge in [0.2, 0.25) is 5.91 Å². The van der Waals surface area contributed by atoms with Crippen LogP contribution in [-0.4, -0.2) is 33.0 Å². The first-order valence-electron chi connectivity index (χ1n) is 8.65. The van der Waals surface area contributed by atoms with Gasteiger partial charge in [-0.05, 0) is 30.4 Å². The molecular weight excluding hydrogens is 308 g/mol. The van der Waals surface area contributed by atoms with Crippen LogP contribution in [-0.2, 0) is 17.8 Å². The summed E-state index contributed by atoms with van der Waals surface area (Å²) >= 11 is 0. The van der Waals surface area contributed by atoms with Gasteiger partial charge in [-0.2, -0.15) is 0 Å². The summed E-state index contributed by atoms with van der Waals surface area (Å²) in [6.45, 7) is 4.98. The van der Waals surface area contributed by atoms with Gasteiger partial charge in [0.25, 0.3) is 5.69 Å². The summed E-state index contributed by atoms with van der Waals surface area (Å²) in [7, 11) is 0. The second kappa shape index (κ2) is 7.75. The van der Waals surface area contributed by atoms with Gasteiger partial charge in [0, 0.05) is 25.2 Å². The number of benzene rings is 1. The predicted octanol–water partition coefficient (Wildman–Crippen LogP) is 3.20. The number of carbonyl (C=O) groups excluding carboxylic acids is 1. The van der Waals surface area contributed by atoms with Crippen molar-refractivity contribution in [1.29, 1.82) is 0 Å². The molecule has 0 unspecified atom stereocenters. The number of amides is 1. The first kappa shape index (κ1) is 18.4. The minimum absolute atomic E-state index is 0.0523. The van der Waals surface area contributed by atoms with E-state index in [-0.39, 0.29) is 18.0 Å². The molecule has 6 nitrogen and oxygen atoms in total. The minimum atomic E-state index is -0.941. The van der Waals surface area contributed by atoms with E-state index in [9.17, 15) is 20.0 Å². The van der Waals surface area contributed by atoms with Gasteiger partial charge in [-0.25, -0.2) is 0 Å². The zero-order valence-corrected chi connectivity index (χ0v) is 14.5. The van der Waals surface area contributed by atoms with E-state index in [1.165, 1.54) is 6.07 Å². The third-order valence-corrected chi connectivity index (χ3v) is 4.68. The number of aliphatic hydroxyl groups is 1. The lowest BCUT2D eigenvalue weighted by molar-refractivity contribution is -0.385. The molecule has 2 rings (SSSR count). The van der Waals surface area contributed by atoms with Crippen molar-refractivity contribution < 1.29 is 14.8 Å². The van der Waals surface area contributed by atoms with E-state index in [0.29, 0.717) is 32.4 Å². The number of hydrogen-bond donors (Lipinski definition) is 1.